The van der Waals surface area contributed by atoms with Crippen LogP contribution in [-0.2, 0) is 17.8 Å². The summed E-state index contributed by atoms with van der Waals surface area (Å²) in [6, 6.07) is 26.3. The van der Waals surface area contributed by atoms with Gasteiger partial charge in [-0.05, 0) is 83.8 Å². The number of phenols is 1. The zero-order chi connectivity index (χ0) is 27.6. The van der Waals surface area contributed by atoms with E-state index in [0.717, 1.165) is 40.2 Å². The summed E-state index contributed by atoms with van der Waals surface area (Å²) in [5.41, 5.74) is 10.8. The van der Waals surface area contributed by atoms with Crippen LogP contribution < -0.4 is 25.8 Å². The van der Waals surface area contributed by atoms with E-state index in [1.807, 2.05) is 60.7 Å². The van der Waals surface area contributed by atoms with Gasteiger partial charge in [-0.1, -0.05) is 36.4 Å². The van der Waals surface area contributed by atoms with Crippen molar-refractivity contribution >= 4 is 12.1 Å². The molecule has 8 nitrogen and oxygen atoms in total. The lowest BCUT2D eigenvalue weighted by Crippen LogP contribution is -2.23. The van der Waals surface area contributed by atoms with Gasteiger partial charge in [0.2, 0.25) is 6.41 Å². The molecular formula is C31H33N3O5. The van der Waals surface area contributed by atoms with Crippen molar-refractivity contribution in [1.82, 2.24) is 5.32 Å². The van der Waals surface area contributed by atoms with E-state index in [9.17, 15) is 15.0 Å². The molecule has 0 heterocycles. The fourth-order valence-corrected chi connectivity index (χ4v) is 4.23. The van der Waals surface area contributed by atoms with Crippen LogP contribution in [0, 0.1) is 0 Å². The van der Waals surface area contributed by atoms with Crippen LogP contribution in [0.15, 0.2) is 84.9 Å². The number of nitrogens with one attached hydrogen (secondary N) is 2. The highest BCUT2D eigenvalue weighted by atomic mass is 16.5. The van der Waals surface area contributed by atoms with Crippen molar-refractivity contribution in [2.24, 2.45) is 5.73 Å². The molecule has 0 aliphatic carbocycles. The molecule has 0 aromatic heterocycles. The van der Waals surface area contributed by atoms with Crippen LogP contribution in [0.3, 0.4) is 0 Å². The molecule has 202 valence electrons. The van der Waals surface area contributed by atoms with E-state index >= 15 is 0 Å². The van der Waals surface area contributed by atoms with Crippen molar-refractivity contribution in [1.29, 1.82) is 0 Å². The standard InChI is InChI=1S/C31H33N3O5/c1-38-31-12-10-26(17-27(31)23-4-2-3-22(15-23)18-32)39-25-8-5-21(6-9-25)13-14-33-19-30(37)24-7-11-29(36)28(16-24)34-20-35/h2-12,15-17,20,30,33,36-37H,13-14,18-19,32H2,1H3,(H,34,35). The maximum atomic E-state index is 10.7. The first-order valence-corrected chi connectivity index (χ1v) is 12.7. The van der Waals surface area contributed by atoms with Crippen molar-refractivity contribution in [3.8, 4) is 34.1 Å². The molecule has 0 saturated carbocycles. The summed E-state index contributed by atoms with van der Waals surface area (Å²) < 4.78 is 11.7. The second-order valence-corrected chi connectivity index (χ2v) is 9.02. The molecule has 0 spiro atoms. The Morgan fingerprint density at radius 3 is 2.49 bits per heavy atom. The molecule has 1 unspecified atom stereocenters. The number of nitrogens with two attached hydrogens (primary N) is 1. The summed E-state index contributed by atoms with van der Waals surface area (Å²) in [5.74, 6) is 2.13. The number of rotatable bonds is 13. The largest absolute Gasteiger partial charge is 0.506 e. The van der Waals surface area contributed by atoms with Crippen LogP contribution in [0.25, 0.3) is 11.1 Å². The number of aliphatic hydroxyl groups excluding tert-OH is 1. The molecule has 4 rings (SSSR count). The van der Waals surface area contributed by atoms with E-state index < -0.39 is 6.10 Å². The molecule has 4 aromatic rings. The maximum absolute atomic E-state index is 10.7. The Morgan fingerprint density at radius 1 is 0.949 bits per heavy atom. The SMILES string of the molecule is COc1ccc(Oc2ccc(CCNCC(O)c3ccc(O)c(NC=O)c3)cc2)cc1-c1cccc(CN)c1. The number of anilines is 1. The van der Waals surface area contributed by atoms with Gasteiger partial charge in [-0.25, -0.2) is 0 Å². The molecule has 0 aliphatic heterocycles. The fourth-order valence-electron chi connectivity index (χ4n) is 4.23. The van der Waals surface area contributed by atoms with Gasteiger partial charge >= 0.3 is 0 Å². The minimum Gasteiger partial charge on any atom is -0.506 e. The van der Waals surface area contributed by atoms with Crippen molar-refractivity contribution < 1.29 is 24.5 Å². The highest BCUT2D eigenvalue weighted by Gasteiger charge is 2.11. The number of amides is 1. The number of benzene rings is 4. The van der Waals surface area contributed by atoms with E-state index in [2.05, 4.69) is 16.7 Å². The number of hydrogen-bond acceptors (Lipinski definition) is 7. The van der Waals surface area contributed by atoms with E-state index in [1.165, 1.54) is 6.07 Å². The quantitative estimate of drug-likeness (QED) is 0.0965. The topological polar surface area (TPSA) is 126 Å². The Labute approximate surface area is 228 Å². The fraction of sp³-hybridized carbons (Fsp3) is 0.194. The molecule has 0 aliphatic rings. The molecule has 4 aromatic carbocycles. The minimum absolute atomic E-state index is 0.0526. The Kier molecular flexibility index (Phi) is 9.53. The number of methoxy groups -OCH3 is 1. The molecule has 1 atom stereocenters. The summed E-state index contributed by atoms with van der Waals surface area (Å²) >= 11 is 0. The number of aliphatic hydroxyl groups is 1. The highest BCUT2D eigenvalue weighted by molar-refractivity contribution is 5.75. The summed E-state index contributed by atoms with van der Waals surface area (Å²) in [5, 5.41) is 25.8. The van der Waals surface area contributed by atoms with Crippen LogP contribution in [0.1, 0.15) is 22.8 Å². The van der Waals surface area contributed by atoms with Gasteiger partial charge in [0.25, 0.3) is 0 Å². The lowest BCUT2D eigenvalue weighted by Gasteiger charge is -2.14. The molecule has 0 fully saturated rings. The number of ether oxygens (including phenoxy) is 2. The van der Waals surface area contributed by atoms with Crippen molar-refractivity contribution in [3.63, 3.8) is 0 Å². The summed E-state index contributed by atoms with van der Waals surface area (Å²) in [7, 11) is 1.65. The predicted octanol–water partition coefficient (Wildman–Crippen LogP) is 4.75. The highest BCUT2D eigenvalue weighted by Crippen LogP contribution is 2.35. The van der Waals surface area contributed by atoms with Gasteiger partial charge in [-0.3, -0.25) is 4.79 Å². The summed E-state index contributed by atoms with van der Waals surface area (Å²) in [6.07, 6.45) is 0.474. The number of aromatic hydroxyl groups is 1. The predicted molar refractivity (Wildman–Crippen MR) is 152 cm³/mol. The van der Waals surface area contributed by atoms with E-state index in [1.54, 1.807) is 19.2 Å². The number of carbonyl (C=O) groups excluding carboxylic acids is 1. The second-order valence-electron chi connectivity index (χ2n) is 9.02. The molecule has 6 N–H and O–H groups in total. The molecule has 0 radical (unpaired) electrons. The number of hydrogen-bond donors (Lipinski definition) is 5. The molecular weight excluding hydrogens is 494 g/mol. The number of phenolic OH excluding ortho intramolecular Hbond substituents is 1. The van der Waals surface area contributed by atoms with E-state index in [0.29, 0.717) is 37.4 Å². The Morgan fingerprint density at radius 2 is 1.74 bits per heavy atom. The first-order chi connectivity index (χ1) is 19.0. The molecule has 39 heavy (non-hydrogen) atoms. The lowest BCUT2D eigenvalue weighted by molar-refractivity contribution is -0.105. The number of carbonyl (C=O) groups is 1. The monoisotopic (exact) mass is 527 g/mol. The maximum Gasteiger partial charge on any atom is 0.211 e. The lowest BCUT2D eigenvalue weighted by atomic mass is 10.0. The normalized spacial score (nSPS) is 11.6. The van der Waals surface area contributed by atoms with Gasteiger partial charge in [0.1, 0.15) is 23.0 Å². The zero-order valence-corrected chi connectivity index (χ0v) is 21.8. The Hall–Kier alpha value is -4.37. The van der Waals surface area contributed by atoms with Crippen molar-refractivity contribution in [3.05, 3.63) is 102 Å². The van der Waals surface area contributed by atoms with Gasteiger partial charge in [0, 0.05) is 18.7 Å². The van der Waals surface area contributed by atoms with Crippen LogP contribution in [-0.4, -0.2) is 36.8 Å². The van der Waals surface area contributed by atoms with Crippen LogP contribution in [0.2, 0.25) is 0 Å². The first kappa shape index (κ1) is 27.7. The first-order valence-electron chi connectivity index (χ1n) is 12.7. The molecule has 0 bridgehead atoms. The third-order valence-corrected chi connectivity index (χ3v) is 6.35. The van der Waals surface area contributed by atoms with Gasteiger partial charge < -0.3 is 36.1 Å². The minimum atomic E-state index is -0.777. The summed E-state index contributed by atoms with van der Waals surface area (Å²) in [6.45, 7) is 1.47. The summed E-state index contributed by atoms with van der Waals surface area (Å²) in [4.78, 5) is 10.7. The van der Waals surface area contributed by atoms with Gasteiger partial charge in [-0.2, -0.15) is 0 Å². The van der Waals surface area contributed by atoms with Crippen molar-refractivity contribution in [2.75, 3.05) is 25.5 Å². The van der Waals surface area contributed by atoms with E-state index in [4.69, 9.17) is 15.2 Å². The average Bonchev–Trinajstić information content (AvgIpc) is 2.97. The average molecular weight is 528 g/mol. The molecule has 1 amide bonds. The molecule has 8 heteroatoms. The smallest absolute Gasteiger partial charge is 0.211 e. The van der Waals surface area contributed by atoms with Crippen LogP contribution in [0.4, 0.5) is 5.69 Å². The van der Waals surface area contributed by atoms with E-state index in [-0.39, 0.29) is 11.4 Å². The van der Waals surface area contributed by atoms with Crippen molar-refractivity contribution in [2.45, 2.75) is 19.1 Å². The van der Waals surface area contributed by atoms with Gasteiger partial charge in [-0.15, -0.1) is 0 Å². The van der Waals surface area contributed by atoms with Crippen LogP contribution >= 0.6 is 0 Å². The van der Waals surface area contributed by atoms with Gasteiger partial charge in [0.05, 0.1) is 18.9 Å². The van der Waals surface area contributed by atoms with Gasteiger partial charge in [0.15, 0.2) is 0 Å². The second kappa shape index (κ2) is 13.4. The van der Waals surface area contributed by atoms with Crippen LogP contribution in [0.5, 0.6) is 23.0 Å². The Bertz CT molecular complexity index is 1390. The zero-order valence-electron chi connectivity index (χ0n) is 21.8. The third-order valence-electron chi connectivity index (χ3n) is 6.35. The molecule has 0 saturated heterocycles. The third kappa shape index (κ3) is 7.36. The Balaban J connectivity index is 1.31.